The molecule has 0 bridgehead atoms. The molecule has 4 rings (SSSR count). The number of oxazole rings is 1. The van der Waals surface area contributed by atoms with Crippen LogP contribution in [0.1, 0.15) is 17.0 Å². The van der Waals surface area contributed by atoms with Gasteiger partial charge in [-0.1, -0.05) is 18.2 Å². The van der Waals surface area contributed by atoms with E-state index < -0.39 is 0 Å². The predicted molar refractivity (Wildman–Crippen MR) is 106 cm³/mol. The van der Waals surface area contributed by atoms with Crippen molar-refractivity contribution in [2.45, 2.75) is 20.0 Å². The summed E-state index contributed by atoms with van der Waals surface area (Å²) in [5, 5.41) is 0. The minimum absolute atomic E-state index is 0.583. The van der Waals surface area contributed by atoms with Crippen LogP contribution in [0.3, 0.4) is 0 Å². The smallest absolute Gasteiger partial charge is 0.226 e. The van der Waals surface area contributed by atoms with Crippen LogP contribution in [0.4, 0.5) is 0 Å². The van der Waals surface area contributed by atoms with Crippen LogP contribution >= 0.6 is 0 Å². The van der Waals surface area contributed by atoms with E-state index in [-0.39, 0.29) is 0 Å². The summed E-state index contributed by atoms with van der Waals surface area (Å²) in [6, 6.07) is 13.8. The molecule has 3 aromatic rings. The van der Waals surface area contributed by atoms with Crippen molar-refractivity contribution < 1.29 is 18.6 Å². The lowest BCUT2D eigenvalue weighted by molar-refractivity contribution is 0.217. The zero-order valence-corrected chi connectivity index (χ0v) is 16.4. The maximum atomic E-state index is 5.95. The molecule has 146 valence electrons. The van der Waals surface area contributed by atoms with Gasteiger partial charge in [-0.2, -0.15) is 0 Å². The highest BCUT2D eigenvalue weighted by Gasteiger charge is 2.19. The molecule has 28 heavy (non-hydrogen) atoms. The van der Waals surface area contributed by atoms with E-state index >= 15 is 0 Å². The molecular weight excluding hydrogens is 356 g/mol. The molecule has 0 saturated heterocycles. The lowest BCUT2D eigenvalue weighted by atomic mass is 10.2. The van der Waals surface area contributed by atoms with E-state index in [2.05, 4.69) is 11.0 Å². The first-order chi connectivity index (χ1) is 13.7. The van der Waals surface area contributed by atoms with Crippen molar-refractivity contribution in [3.05, 3.63) is 59.5 Å². The fourth-order valence-corrected chi connectivity index (χ4v) is 3.39. The van der Waals surface area contributed by atoms with Crippen molar-refractivity contribution in [2.75, 3.05) is 27.4 Å². The summed E-state index contributed by atoms with van der Waals surface area (Å²) in [5.41, 5.74) is 2.99. The summed E-state index contributed by atoms with van der Waals surface area (Å²) in [7, 11) is 3.24. The second-order valence-corrected chi connectivity index (χ2v) is 6.76. The molecule has 0 atom stereocenters. The molecule has 6 nitrogen and oxygen atoms in total. The van der Waals surface area contributed by atoms with E-state index in [0.29, 0.717) is 30.5 Å². The molecule has 0 unspecified atom stereocenters. The molecule has 0 spiro atoms. The van der Waals surface area contributed by atoms with E-state index in [1.807, 2.05) is 43.3 Å². The Morgan fingerprint density at radius 1 is 1.07 bits per heavy atom. The minimum atomic E-state index is 0.583. The lowest BCUT2D eigenvalue weighted by Gasteiger charge is -2.17. The molecule has 1 aliphatic rings. The van der Waals surface area contributed by atoms with E-state index in [4.69, 9.17) is 23.6 Å². The topological polar surface area (TPSA) is 57.0 Å². The fourth-order valence-electron chi connectivity index (χ4n) is 3.39. The average molecular weight is 380 g/mol. The second-order valence-electron chi connectivity index (χ2n) is 6.76. The monoisotopic (exact) mass is 380 g/mol. The Morgan fingerprint density at radius 3 is 2.71 bits per heavy atom. The molecule has 0 fully saturated rings. The summed E-state index contributed by atoms with van der Waals surface area (Å²) in [6.45, 7) is 4.99. The van der Waals surface area contributed by atoms with Gasteiger partial charge < -0.3 is 18.6 Å². The fraction of sp³-hybridized carbons (Fsp3) is 0.318. The van der Waals surface area contributed by atoms with Gasteiger partial charge in [0.1, 0.15) is 18.1 Å². The maximum absolute atomic E-state index is 5.95. The van der Waals surface area contributed by atoms with Gasteiger partial charge in [0.25, 0.3) is 0 Å². The number of aromatic nitrogens is 1. The van der Waals surface area contributed by atoms with Gasteiger partial charge in [0, 0.05) is 30.8 Å². The van der Waals surface area contributed by atoms with Crippen molar-refractivity contribution in [1.82, 2.24) is 9.88 Å². The first-order valence-electron chi connectivity index (χ1n) is 9.29. The van der Waals surface area contributed by atoms with Crippen molar-refractivity contribution in [3.63, 3.8) is 0 Å². The predicted octanol–water partition coefficient (Wildman–Crippen LogP) is 4.06. The summed E-state index contributed by atoms with van der Waals surface area (Å²) < 4.78 is 22.5. The van der Waals surface area contributed by atoms with Crippen LogP contribution in [-0.4, -0.2) is 37.3 Å². The van der Waals surface area contributed by atoms with E-state index in [0.717, 1.165) is 35.9 Å². The highest BCUT2D eigenvalue weighted by atomic mass is 16.5. The lowest BCUT2D eigenvalue weighted by Crippen LogP contribution is -2.25. The number of aryl methyl sites for hydroxylation is 1. The van der Waals surface area contributed by atoms with Gasteiger partial charge in [0.15, 0.2) is 11.5 Å². The van der Waals surface area contributed by atoms with E-state index in [1.54, 1.807) is 14.2 Å². The van der Waals surface area contributed by atoms with Crippen LogP contribution in [-0.2, 0) is 13.1 Å². The van der Waals surface area contributed by atoms with Crippen LogP contribution in [0.2, 0.25) is 0 Å². The maximum Gasteiger partial charge on any atom is 0.226 e. The summed E-state index contributed by atoms with van der Waals surface area (Å²) in [4.78, 5) is 7.07. The van der Waals surface area contributed by atoms with Crippen LogP contribution in [0.5, 0.6) is 17.2 Å². The molecule has 0 amide bonds. The molecule has 0 radical (unpaired) electrons. The third kappa shape index (κ3) is 3.68. The van der Waals surface area contributed by atoms with Gasteiger partial charge >= 0.3 is 0 Å². The Hall–Kier alpha value is -2.99. The first-order valence-corrected chi connectivity index (χ1v) is 9.29. The molecule has 1 aromatic heterocycles. The summed E-state index contributed by atoms with van der Waals surface area (Å²) >= 11 is 0. The summed E-state index contributed by atoms with van der Waals surface area (Å²) in [6.07, 6.45) is 0. The normalized spacial score (nSPS) is 14.1. The highest BCUT2D eigenvalue weighted by molar-refractivity contribution is 5.60. The Labute approximate surface area is 164 Å². The zero-order valence-electron chi connectivity index (χ0n) is 16.4. The van der Waals surface area contributed by atoms with E-state index in [9.17, 15) is 0 Å². The zero-order chi connectivity index (χ0) is 19.5. The summed E-state index contributed by atoms with van der Waals surface area (Å²) in [5.74, 6) is 3.70. The van der Waals surface area contributed by atoms with E-state index in [1.165, 1.54) is 5.56 Å². The number of hydrogen-bond donors (Lipinski definition) is 0. The third-order valence-electron chi connectivity index (χ3n) is 4.93. The number of benzene rings is 2. The number of rotatable bonds is 5. The van der Waals surface area contributed by atoms with Crippen LogP contribution in [0, 0.1) is 6.92 Å². The Bertz CT molecular complexity index is 967. The van der Waals surface area contributed by atoms with Crippen LogP contribution in [0.15, 0.2) is 46.9 Å². The number of hydrogen-bond acceptors (Lipinski definition) is 6. The minimum Gasteiger partial charge on any atom is -0.493 e. The average Bonchev–Trinajstić information content (AvgIpc) is 2.96. The number of ether oxygens (including phenoxy) is 3. The first kappa shape index (κ1) is 18.4. The largest absolute Gasteiger partial charge is 0.493 e. The molecule has 0 aliphatic carbocycles. The van der Waals surface area contributed by atoms with Gasteiger partial charge in [-0.3, -0.25) is 4.90 Å². The number of fused-ring (bicyclic) bond motifs is 1. The van der Waals surface area contributed by atoms with Gasteiger partial charge in [-0.15, -0.1) is 0 Å². The van der Waals surface area contributed by atoms with Gasteiger partial charge in [0.2, 0.25) is 5.89 Å². The van der Waals surface area contributed by atoms with Crippen LogP contribution < -0.4 is 14.2 Å². The van der Waals surface area contributed by atoms with Crippen molar-refractivity contribution >= 4 is 0 Å². The SMILES string of the molecule is COc1ccc(-c2nc(CN3CCOc4ccccc4C3)c(C)o2)cc1OC. The second kappa shape index (κ2) is 7.94. The van der Waals surface area contributed by atoms with Gasteiger partial charge in [-0.05, 0) is 31.2 Å². The van der Waals surface area contributed by atoms with Gasteiger partial charge in [-0.25, -0.2) is 4.98 Å². The number of para-hydroxylation sites is 1. The van der Waals surface area contributed by atoms with Gasteiger partial charge in [0.05, 0.1) is 19.9 Å². The molecule has 2 aromatic carbocycles. The molecular formula is C22H24N2O4. The molecule has 2 heterocycles. The molecule has 0 saturated carbocycles. The standard InChI is InChI=1S/C22H24N2O4/c1-15-18(14-24-10-11-27-19-7-5-4-6-17(19)13-24)23-22(28-15)16-8-9-20(25-2)21(12-16)26-3/h4-9,12H,10-11,13-14H2,1-3H3. The molecule has 1 aliphatic heterocycles. The molecule has 0 N–H and O–H groups in total. The Kier molecular flexibility index (Phi) is 5.21. The van der Waals surface area contributed by atoms with Crippen molar-refractivity contribution in [1.29, 1.82) is 0 Å². The number of methoxy groups -OCH3 is 2. The Morgan fingerprint density at radius 2 is 1.89 bits per heavy atom. The highest BCUT2D eigenvalue weighted by Crippen LogP contribution is 2.33. The van der Waals surface area contributed by atoms with Crippen LogP contribution in [0.25, 0.3) is 11.5 Å². The molecule has 6 heteroatoms. The third-order valence-corrected chi connectivity index (χ3v) is 4.93. The quantitative estimate of drug-likeness (QED) is 0.665. The number of nitrogens with zero attached hydrogens (tertiary/aromatic N) is 2. The van der Waals surface area contributed by atoms with Crippen molar-refractivity contribution in [2.24, 2.45) is 0 Å². The Balaban J connectivity index is 1.55. The van der Waals surface area contributed by atoms with Crippen molar-refractivity contribution in [3.8, 4) is 28.7 Å².